The first-order valence-electron chi connectivity index (χ1n) is 6.18. The molecule has 0 aliphatic heterocycles. The summed E-state index contributed by atoms with van der Waals surface area (Å²) in [4.78, 5) is 4.27. The van der Waals surface area contributed by atoms with Gasteiger partial charge in [0.2, 0.25) is 10.0 Å². The molecule has 0 bridgehead atoms. The molecule has 0 spiro atoms. The van der Waals surface area contributed by atoms with Crippen LogP contribution in [0.25, 0.3) is 11.3 Å². The molecule has 21 heavy (non-hydrogen) atoms. The molecule has 1 unspecified atom stereocenters. The van der Waals surface area contributed by atoms with Crippen LogP contribution in [0, 0.1) is 5.92 Å². The van der Waals surface area contributed by atoms with Crippen molar-refractivity contribution in [3.05, 3.63) is 34.7 Å². The van der Waals surface area contributed by atoms with Crippen LogP contribution in [0.5, 0.6) is 0 Å². The second-order valence-electron chi connectivity index (χ2n) is 4.66. The topological polar surface area (TPSA) is 59.1 Å². The third-order valence-electron chi connectivity index (χ3n) is 2.66. The summed E-state index contributed by atoms with van der Waals surface area (Å²) in [7, 11) is -3.44. The van der Waals surface area contributed by atoms with Gasteiger partial charge in [0.05, 0.1) is 11.4 Å². The van der Waals surface area contributed by atoms with Crippen LogP contribution >= 0.6 is 34.5 Å². The summed E-state index contributed by atoms with van der Waals surface area (Å²) in [6.45, 7) is 1.78. The molecular weight excluding hydrogens is 351 g/mol. The van der Waals surface area contributed by atoms with E-state index >= 15 is 0 Å². The van der Waals surface area contributed by atoms with Crippen LogP contribution in [0.3, 0.4) is 0 Å². The lowest BCUT2D eigenvalue weighted by atomic mass is 10.2. The first-order valence-corrected chi connectivity index (χ1v) is 9.62. The summed E-state index contributed by atoms with van der Waals surface area (Å²) in [6, 6.07) is 7.29. The number of hydrogen-bond acceptors (Lipinski definition) is 4. The number of alkyl halides is 1. The minimum absolute atomic E-state index is 0.0303. The van der Waals surface area contributed by atoms with Crippen molar-refractivity contribution in [2.75, 3.05) is 16.4 Å². The molecule has 1 atom stereocenters. The number of thiazole rings is 1. The number of rotatable bonds is 6. The van der Waals surface area contributed by atoms with Crippen molar-refractivity contribution < 1.29 is 8.42 Å². The second kappa shape index (κ2) is 6.96. The van der Waals surface area contributed by atoms with E-state index in [1.54, 1.807) is 18.4 Å². The predicted molar refractivity (Wildman–Crippen MR) is 89.9 cm³/mol. The Bertz CT molecular complexity index is 716. The standard InChI is InChI=1S/C13H14Cl2N2O2S2/c1-9(6-14)8-21(18,19)17-13-16-12(7-20-13)10-4-2-3-5-11(10)15/h2-5,7,9H,6,8H2,1H3,(H,16,17). The van der Waals surface area contributed by atoms with Gasteiger partial charge in [0.25, 0.3) is 0 Å². The number of anilines is 1. The quantitative estimate of drug-likeness (QED) is 0.785. The molecule has 4 nitrogen and oxygen atoms in total. The van der Waals surface area contributed by atoms with Crippen molar-refractivity contribution in [1.29, 1.82) is 0 Å². The summed E-state index contributed by atoms with van der Waals surface area (Å²) in [6.07, 6.45) is 0. The Labute approximate surface area is 138 Å². The molecule has 0 fully saturated rings. The van der Waals surface area contributed by atoms with Crippen molar-refractivity contribution in [2.45, 2.75) is 6.92 Å². The fraction of sp³-hybridized carbons (Fsp3) is 0.308. The maximum absolute atomic E-state index is 12.0. The van der Waals surface area contributed by atoms with E-state index < -0.39 is 10.0 Å². The van der Waals surface area contributed by atoms with Crippen LogP contribution in [0.4, 0.5) is 5.13 Å². The van der Waals surface area contributed by atoms with Crippen molar-refractivity contribution >= 4 is 49.7 Å². The van der Waals surface area contributed by atoms with Gasteiger partial charge in [0, 0.05) is 21.8 Å². The van der Waals surface area contributed by atoms with Crippen molar-refractivity contribution in [1.82, 2.24) is 4.98 Å². The Hall–Kier alpha value is -0.820. The summed E-state index contributed by atoms with van der Waals surface area (Å²) in [5.41, 5.74) is 1.42. The zero-order valence-electron chi connectivity index (χ0n) is 11.2. The van der Waals surface area contributed by atoms with E-state index in [4.69, 9.17) is 23.2 Å². The van der Waals surface area contributed by atoms with E-state index in [2.05, 4.69) is 9.71 Å². The molecule has 1 N–H and O–H groups in total. The Morgan fingerprint density at radius 1 is 1.38 bits per heavy atom. The lowest BCUT2D eigenvalue weighted by Crippen LogP contribution is -2.22. The summed E-state index contributed by atoms with van der Waals surface area (Å²) in [5, 5.41) is 2.67. The lowest BCUT2D eigenvalue weighted by molar-refractivity contribution is 0.588. The minimum atomic E-state index is -3.44. The fourth-order valence-corrected chi connectivity index (χ4v) is 4.57. The Balaban J connectivity index is 2.16. The predicted octanol–water partition coefficient (Wildman–Crippen LogP) is 4.08. The van der Waals surface area contributed by atoms with Gasteiger partial charge in [-0.05, 0) is 12.0 Å². The number of nitrogens with zero attached hydrogens (tertiary/aromatic N) is 1. The summed E-state index contributed by atoms with van der Waals surface area (Å²) in [5.74, 6) is 0.147. The Morgan fingerprint density at radius 2 is 2.10 bits per heavy atom. The molecule has 0 aliphatic rings. The van der Waals surface area contributed by atoms with Gasteiger partial charge in [-0.1, -0.05) is 36.7 Å². The molecule has 0 saturated carbocycles. The molecule has 0 aliphatic carbocycles. The Kier molecular flexibility index (Phi) is 5.48. The van der Waals surface area contributed by atoms with E-state index in [1.165, 1.54) is 11.3 Å². The summed E-state index contributed by atoms with van der Waals surface area (Å²) < 4.78 is 26.4. The highest BCUT2D eigenvalue weighted by Gasteiger charge is 2.17. The number of benzene rings is 1. The zero-order valence-corrected chi connectivity index (χ0v) is 14.4. The van der Waals surface area contributed by atoms with Crippen LogP contribution in [-0.4, -0.2) is 25.0 Å². The molecule has 0 radical (unpaired) electrons. The maximum Gasteiger partial charge on any atom is 0.234 e. The first kappa shape index (κ1) is 16.5. The third kappa shape index (κ3) is 4.57. The van der Waals surface area contributed by atoms with Crippen molar-refractivity contribution in [3.63, 3.8) is 0 Å². The highest BCUT2D eigenvalue weighted by atomic mass is 35.5. The average molecular weight is 365 g/mol. The van der Waals surface area contributed by atoms with Crippen molar-refractivity contribution in [2.24, 2.45) is 5.92 Å². The molecule has 114 valence electrons. The van der Waals surface area contributed by atoms with Crippen molar-refractivity contribution in [3.8, 4) is 11.3 Å². The van der Waals surface area contributed by atoms with E-state index in [0.717, 1.165) is 5.56 Å². The molecule has 1 aromatic heterocycles. The summed E-state index contributed by atoms with van der Waals surface area (Å²) >= 11 is 13.0. The van der Waals surface area contributed by atoms with E-state index in [1.807, 2.05) is 18.2 Å². The smallest absolute Gasteiger partial charge is 0.234 e. The first-order chi connectivity index (χ1) is 9.91. The molecule has 2 aromatic rings. The van der Waals surface area contributed by atoms with Crippen LogP contribution in [-0.2, 0) is 10.0 Å². The molecule has 8 heteroatoms. The van der Waals surface area contributed by atoms with Gasteiger partial charge in [-0.15, -0.1) is 22.9 Å². The van der Waals surface area contributed by atoms with Gasteiger partial charge in [-0.2, -0.15) is 0 Å². The van der Waals surface area contributed by atoms with Gasteiger partial charge in [0.1, 0.15) is 0 Å². The largest absolute Gasteiger partial charge is 0.259 e. The van der Waals surface area contributed by atoms with Gasteiger partial charge in [0.15, 0.2) is 5.13 Å². The minimum Gasteiger partial charge on any atom is -0.259 e. The van der Waals surface area contributed by atoms with Gasteiger partial charge < -0.3 is 0 Å². The molecule has 0 saturated heterocycles. The molecule has 1 heterocycles. The van der Waals surface area contributed by atoms with Gasteiger partial charge in [-0.3, -0.25) is 4.72 Å². The van der Waals surface area contributed by atoms with Crippen LogP contribution in [0.2, 0.25) is 5.02 Å². The van der Waals surface area contributed by atoms with E-state index in [9.17, 15) is 8.42 Å². The maximum atomic E-state index is 12.0. The van der Waals surface area contributed by atoms with Crippen LogP contribution in [0.15, 0.2) is 29.6 Å². The number of aromatic nitrogens is 1. The van der Waals surface area contributed by atoms with Crippen LogP contribution in [0.1, 0.15) is 6.92 Å². The van der Waals surface area contributed by atoms with E-state index in [0.29, 0.717) is 21.7 Å². The third-order valence-corrected chi connectivity index (χ3v) is 5.92. The van der Waals surface area contributed by atoms with Crippen LogP contribution < -0.4 is 4.72 Å². The zero-order chi connectivity index (χ0) is 15.5. The number of sulfonamides is 1. The molecule has 2 rings (SSSR count). The van der Waals surface area contributed by atoms with E-state index in [-0.39, 0.29) is 11.7 Å². The normalized spacial score (nSPS) is 13.1. The van der Waals surface area contributed by atoms with Gasteiger partial charge in [-0.25, -0.2) is 13.4 Å². The number of nitrogens with one attached hydrogen (secondary N) is 1. The molecule has 0 amide bonds. The second-order valence-corrected chi connectivity index (χ2v) is 8.00. The lowest BCUT2D eigenvalue weighted by Gasteiger charge is -2.08. The SMILES string of the molecule is CC(CCl)CS(=O)(=O)Nc1nc(-c2ccccc2Cl)cs1. The van der Waals surface area contributed by atoms with Gasteiger partial charge >= 0.3 is 0 Å². The molecular formula is C13H14Cl2N2O2S2. The highest BCUT2D eigenvalue weighted by molar-refractivity contribution is 7.92. The fourth-order valence-electron chi connectivity index (χ4n) is 1.71. The molecule has 1 aromatic carbocycles. The average Bonchev–Trinajstić information content (AvgIpc) is 2.86. The highest BCUT2D eigenvalue weighted by Crippen LogP contribution is 2.30. The monoisotopic (exact) mass is 364 g/mol. The Morgan fingerprint density at radius 3 is 2.76 bits per heavy atom. The number of halogens is 2. The number of hydrogen-bond donors (Lipinski definition) is 1.